The molecule has 0 fully saturated rings. The van der Waals surface area contributed by atoms with Gasteiger partial charge in [0.15, 0.2) is 0 Å². The highest BCUT2D eigenvalue weighted by atomic mass is 32.2. The molecule has 4 aromatic rings. The first kappa shape index (κ1) is 33.0. The van der Waals surface area contributed by atoms with E-state index in [2.05, 4.69) is 52.2 Å². The van der Waals surface area contributed by atoms with E-state index >= 15 is 0 Å². The van der Waals surface area contributed by atoms with E-state index in [1.807, 2.05) is 24.3 Å². The molecule has 236 valence electrons. The molecule has 0 radical (unpaired) electrons. The molecule has 10 heteroatoms. The van der Waals surface area contributed by atoms with E-state index in [0.717, 1.165) is 42.4 Å². The molecule has 44 heavy (non-hydrogen) atoms. The van der Waals surface area contributed by atoms with Crippen LogP contribution in [-0.2, 0) is 16.6 Å². The van der Waals surface area contributed by atoms with Gasteiger partial charge in [-0.25, -0.2) is 13.2 Å². The number of aliphatic hydroxyl groups is 1. The van der Waals surface area contributed by atoms with Crippen LogP contribution in [-0.4, -0.2) is 42.8 Å². The number of β-amino-alcohol motifs (C(OH)–C–C–N with tert-alkyl or cyclic N) is 1. The lowest BCUT2D eigenvalue weighted by atomic mass is 9.99. The van der Waals surface area contributed by atoms with E-state index in [-0.39, 0.29) is 16.5 Å². The van der Waals surface area contributed by atoms with Gasteiger partial charge >= 0.3 is 6.03 Å². The minimum Gasteiger partial charge on any atom is -0.387 e. The predicted octanol–water partition coefficient (Wildman–Crippen LogP) is 6.64. The Morgan fingerprint density at radius 2 is 1.73 bits per heavy atom. The molecule has 0 aliphatic heterocycles. The number of benzene rings is 3. The van der Waals surface area contributed by atoms with E-state index in [9.17, 15) is 18.3 Å². The molecular weight excluding hydrogens is 574 g/mol. The van der Waals surface area contributed by atoms with Crippen LogP contribution in [0.2, 0.25) is 0 Å². The van der Waals surface area contributed by atoms with Crippen LogP contribution < -0.4 is 20.7 Å². The van der Waals surface area contributed by atoms with Gasteiger partial charge in [-0.3, -0.25) is 4.72 Å². The Morgan fingerprint density at radius 3 is 2.50 bits per heavy atom. The summed E-state index contributed by atoms with van der Waals surface area (Å²) >= 11 is 0. The van der Waals surface area contributed by atoms with Crippen molar-refractivity contribution in [2.75, 3.05) is 23.1 Å². The van der Waals surface area contributed by atoms with Gasteiger partial charge in [0, 0.05) is 53.6 Å². The van der Waals surface area contributed by atoms with Crippen LogP contribution in [0.4, 0.5) is 16.2 Å². The fraction of sp³-hybridized carbons (Fsp3) is 0.382. The van der Waals surface area contributed by atoms with Crippen molar-refractivity contribution in [3.63, 3.8) is 0 Å². The third kappa shape index (κ3) is 9.57. The van der Waals surface area contributed by atoms with Crippen LogP contribution in [0, 0.1) is 0 Å². The summed E-state index contributed by atoms with van der Waals surface area (Å²) < 4.78 is 30.2. The second-order valence-corrected chi connectivity index (χ2v) is 13.5. The van der Waals surface area contributed by atoms with Gasteiger partial charge in [-0.2, -0.15) is 0 Å². The van der Waals surface area contributed by atoms with Crippen molar-refractivity contribution in [2.24, 2.45) is 0 Å². The normalized spacial score (nSPS) is 12.6. The summed E-state index contributed by atoms with van der Waals surface area (Å²) in [7, 11) is -3.72. The number of hydrogen-bond donors (Lipinski definition) is 5. The van der Waals surface area contributed by atoms with Crippen molar-refractivity contribution in [3.05, 3.63) is 90.6 Å². The van der Waals surface area contributed by atoms with Gasteiger partial charge in [-0.15, -0.1) is 0 Å². The average Bonchev–Trinajstić information content (AvgIpc) is 3.41. The number of nitrogens with zero attached hydrogens (tertiary/aromatic N) is 1. The number of sulfonamides is 1. The van der Waals surface area contributed by atoms with Gasteiger partial charge in [-0.05, 0) is 80.8 Å². The molecule has 1 heterocycles. The van der Waals surface area contributed by atoms with Gasteiger partial charge < -0.3 is 25.6 Å². The maximum Gasteiger partial charge on any atom is 0.319 e. The van der Waals surface area contributed by atoms with E-state index in [1.54, 1.807) is 42.5 Å². The van der Waals surface area contributed by atoms with Crippen LogP contribution in [0.1, 0.15) is 64.5 Å². The monoisotopic (exact) mass is 619 g/mol. The van der Waals surface area contributed by atoms with Crippen LogP contribution in [0.5, 0.6) is 0 Å². The topological polar surface area (TPSA) is 124 Å². The highest BCUT2D eigenvalue weighted by Gasteiger charge is 2.20. The Labute approximate surface area is 261 Å². The lowest BCUT2D eigenvalue weighted by Crippen LogP contribution is -2.42. The van der Waals surface area contributed by atoms with Crippen molar-refractivity contribution < 1.29 is 18.3 Å². The molecule has 4 rings (SSSR count). The number of rotatable bonds is 16. The number of hydrogen-bond acceptors (Lipinski definition) is 5. The Hall–Kier alpha value is -3.86. The number of urea groups is 1. The zero-order valence-corrected chi connectivity index (χ0v) is 26.7. The Morgan fingerprint density at radius 1 is 0.932 bits per heavy atom. The number of nitrogens with one attached hydrogen (secondary N) is 4. The van der Waals surface area contributed by atoms with Gasteiger partial charge in [0.25, 0.3) is 10.0 Å². The summed E-state index contributed by atoms with van der Waals surface area (Å²) in [5.74, 6) is 0. The molecule has 0 saturated carbocycles. The Kier molecular flexibility index (Phi) is 11.4. The zero-order chi connectivity index (χ0) is 31.6. The number of anilines is 2. The van der Waals surface area contributed by atoms with E-state index in [0.29, 0.717) is 24.3 Å². The summed E-state index contributed by atoms with van der Waals surface area (Å²) in [4.78, 5) is 12.4. The molecule has 0 saturated heterocycles. The van der Waals surface area contributed by atoms with Crippen LogP contribution in [0.3, 0.4) is 0 Å². The number of carbonyl (C=O) groups excluding carboxylic acids is 1. The van der Waals surface area contributed by atoms with Crippen molar-refractivity contribution in [1.29, 1.82) is 0 Å². The van der Waals surface area contributed by atoms with Crippen LogP contribution >= 0.6 is 0 Å². The van der Waals surface area contributed by atoms with Gasteiger partial charge in [-0.1, -0.05) is 56.5 Å². The number of aryl methyl sites for hydroxylation is 1. The Balaban J connectivity index is 1.27. The molecule has 1 aromatic heterocycles. The van der Waals surface area contributed by atoms with Crippen molar-refractivity contribution in [3.8, 4) is 0 Å². The first-order valence-corrected chi connectivity index (χ1v) is 16.8. The second-order valence-electron chi connectivity index (χ2n) is 11.8. The second kappa shape index (κ2) is 15.2. The quantitative estimate of drug-likeness (QED) is 0.0900. The van der Waals surface area contributed by atoms with Crippen LogP contribution in [0.15, 0.2) is 90.0 Å². The van der Waals surface area contributed by atoms with Crippen molar-refractivity contribution in [2.45, 2.75) is 76.0 Å². The lowest BCUT2D eigenvalue weighted by molar-refractivity contribution is 0.158. The van der Waals surface area contributed by atoms with E-state index < -0.39 is 16.1 Å². The Bertz CT molecular complexity index is 1620. The van der Waals surface area contributed by atoms with E-state index in [4.69, 9.17) is 0 Å². The molecule has 3 aromatic carbocycles. The van der Waals surface area contributed by atoms with Gasteiger partial charge in [0.2, 0.25) is 0 Å². The number of aromatic nitrogens is 1. The van der Waals surface area contributed by atoms with Gasteiger partial charge in [0.05, 0.1) is 11.0 Å². The molecular formula is C34H45N5O4S. The largest absolute Gasteiger partial charge is 0.387 e. The minimum absolute atomic E-state index is 0.179. The summed E-state index contributed by atoms with van der Waals surface area (Å²) in [6, 6.07) is 22.8. The standard InChI is InChI=1S/C34H45N5O4S/c1-4-5-6-10-20-35-33(41)37-28-16-17-31-26(23-28)18-21-39(31)22-19-34(2,3)36-25-32(40)27-12-11-13-29(24-27)38-44(42,43)30-14-8-7-9-15-30/h7-9,11-18,21,23-24,32,36,38,40H,4-6,10,19-20,22,25H2,1-3H3,(H2,35,37,41)/t32-/m0/s1. The molecule has 5 N–H and O–H groups in total. The number of unbranched alkanes of at least 4 members (excludes halogenated alkanes) is 3. The smallest absolute Gasteiger partial charge is 0.319 e. The maximum absolute atomic E-state index is 12.7. The average molecular weight is 620 g/mol. The highest BCUT2D eigenvalue weighted by Crippen LogP contribution is 2.24. The molecule has 9 nitrogen and oxygen atoms in total. The number of amides is 2. The first-order chi connectivity index (χ1) is 21.1. The van der Waals surface area contributed by atoms with Crippen LogP contribution in [0.25, 0.3) is 10.9 Å². The predicted molar refractivity (Wildman–Crippen MR) is 178 cm³/mol. The minimum atomic E-state index is -3.72. The van der Waals surface area contributed by atoms with Crippen molar-refractivity contribution in [1.82, 2.24) is 15.2 Å². The molecule has 0 unspecified atom stereocenters. The molecule has 0 spiro atoms. The zero-order valence-electron chi connectivity index (χ0n) is 25.8. The molecule has 0 bridgehead atoms. The summed E-state index contributed by atoms with van der Waals surface area (Å²) in [5.41, 5.74) is 2.58. The van der Waals surface area contributed by atoms with Gasteiger partial charge in [0.1, 0.15) is 0 Å². The fourth-order valence-electron chi connectivity index (χ4n) is 5.00. The number of carbonyl (C=O) groups is 1. The first-order valence-electron chi connectivity index (χ1n) is 15.3. The molecule has 0 aliphatic carbocycles. The SMILES string of the molecule is CCCCCCNC(=O)Nc1ccc2c(ccn2CCC(C)(C)NC[C@H](O)c2cccc(NS(=O)(=O)c3ccccc3)c2)c1. The number of fused-ring (bicyclic) bond motifs is 1. The molecule has 1 atom stereocenters. The summed E-state index contributed by atoms with van der Waals surface area (Å²) in [6.07, 6.45) is 6.50. The van der Waals surface area contributed by atoms with Crippen molar-refractivity contribution >= 4 is 38.3 Å². The third-order valence-corrected chi connectivity index (χ3v) is 9.07. The fourth-order valence-corrected chi connectivity index (χ4v) is 6.07. The maximum atomic E-state index is 12.7. The third-order valence-electron chi connectivity index (χ3n) is 7.67. The molecule has 2 amide bonds. The summed E-state index contributed by atoms with van der Waals surface area (Å²) in [6.45, 7) is 8.11. The molecule has 0 aliphatic rings. The lowest BCUT2D eigenvalue weighted by Gasteiger charge is -2.28. The summed E-state index contributed by atoms with van der Waals surface area (Å²) in [5, 5.41) is 21.3. The number of aliphatic hydroxyl groups excluding tert-OH is 1. The van der Waals surface area contributed by atoms with E-state index in [1.165, 1.54) is 25.0 Å². The highest BCUT2D eigenvalue weighted by molar-refractivity contribution is 7.92.